The van der Waals surface area contributed by atoms with Gasteiger partial charge in [-0.3, -0.25) is 4.79 Å². The third-order valence-electron chi connectivity index (χ3n) is 3.85. The van der Waals surface area contributed by atoms with Gasteiger partial charge < -0.3 is 15.2 Å². The second kappa shape index (κ2) is 8.57. The van der Waals surface area contributed by atoms with Crippen LogP contribution < -0.4 is 10.0 Å². The van der Waals surface area contributed by atoms with Crippen LogP contribution in [0.25, 0.3) is 0 Å². The largest absolute Gasteiger partial charge is 0.394 e. The average molecular weight is 368 g/mol. The first-order chi connectivity index (χ1) is 11.9. The Kier molecular flexibility index (Phi) is 6.71. The minimum Gasteiger partial charge on any atom is -0.394 e. The zero-order chi connectivity index (χ0) is 18.4. The van der Waals surface area contributed by atoms with Crippen LogP contribution in [0.1, 0.15) is 18.9 Å². The molecule has 138 valence electrons. The maximum absolute atomic E-state index is 12.5. The highest BCUT2D eigenvalue weighted by Crippen LogP contribution is 2.18. The lowest BCUT2D eigenvalue weighted by molar-refractivity contribution is -0.125. The number of aliphatic hydroxyl groups is 1. The van der Waals surface area contributed by atoms with Crippen molar-refractivity contribution in [2.45, 2.75) is 43.4 Å². The van der Waals surface area contributed by atoms with Gasteiger partial charge >= 0.3 is 0 Å². The number of aryl methyl sites for hydroxylation is 1. The van der Waals surface area contributed by atoms with Gasteiger partial charge in [-0.15, -0.1) is 0 Å². The minimum atomic E-state index is -3.74. The summed E-state index contributed by atoms with van der Waals surface area (Å²) in [5, 5.41) is 12.2. The molecule has 8 heteroatoms. The molecule has 0 saturated carbocycles. The number of sulfonamides is 1. The number of amides is 1. The molecular weight excluding hydrogens is 344 g/mol. The normalized spacial score (nSPS) is 23.4. The molecule has 1 heterocycles. The number of hydrogen-bond donors (Lipinski definition) is 3. The van der Waals surface area contributed by atoms with E-state index in [0.29, 0.717) is 6.54 Å². The van der Waals surface area contributed by atoms with E-state index in [-0.39, 0.29) is 23.8 Å². The number of carbonyl (C=O) groups excluding carboxylic acids is 1. The summed E-state index contributed by atoms with van der Waals surface area (Å²) in [5.41, 5.74) is 0.960. The third kappa shape index (κ3) is 5.37. The highest BCUT2D eigenvalue weighted by atomic mass is 32.2. The van der Waals surface area contributed by atoms with Gasteiger partial charge in [0, 0.05) is 6.54 Å². The van der Waals surface area contributed by atoms with E-state index in [0.717, 1.165) is 5.56 Å². The Morgan fingerprint density at radius 3 is 2.52 bits per heavy atom. The van der Waals surface area contributed by atoms with E-state index >= 15 is 0 Å². The summed E-state index contributed by atoms with van der Waals surface area (Å²) in [6.45, 7) is 3.86. The summed E-state index contributed by atoms with van der Waals surface area (Å²) < 4.78 is 33.1. The van der Waals surface area contributed by atoms with Crippen molar-refractivity contribution in [3.63, 3.8) is 0 Å². The Hall–Kier alpha value is -1.74. The van der Waals surface area contributed by atoms with Gasteiger partial charge in [-0.1, -0.05) is 29.8 Å². The van der Waals surface area contributed by atoms with Gasteiger partial charge in [-0.2, -0.15) is 0 Å². The van der Waals surface area contributed by atoms with Crippen molar-refractivity contribution in [2.75, 3.05) is 13.2 Å². The molecule has 0 aromatic heterocycles. The van der Waals surface area contributed by atoms with Crippen LogP contribution in [-0.2, 0) is 19.6 Å². The molecular formula is C17H24N2O5S. The molecule has 0 unspecified atom stereocenters. The summed E-state index contributed by atoms with van der Waals surface area (Å²) in [6.07, 6.45) is 2.13. The van der Waals surface area contributed by atoms with Crippen molar-refractivity contribution in [3.05, 3.63) is 42.0 Å². The van der Waals surface area contributed by atoms with Crippen molar-refractivity contribution < 1.29 is 23.1 Å². The molecule has 1 amide bonds. The van der Waals surface area contributed by atoms with Crippen molar-refractivity contribution >= 4 is 15.9 Å². The quantitative estimate of drug-likeness (QED) is 0.608. The number of hydrogen-bond acceptors (Lipinski definition) is 5. The van der Waals surface area contributed by atoms with Crippen LogP contribution in [-0.4, -0.2) is 50.8 Å². The molecule has 1 aliphatic rings. The molecule has 7 nitrogen and oxygen atoms in total. The summed E-state index contributed by atoms with van der Waals surface area (Å²) in [7, 11) is -3.74. The maximum atomic E-state index is 12.5. The zero-order valence-corrected chi connectivity index (χ0v) is 15.1. The first-order valence-corrected chi connectivity index (χ1v) is 9.64. The van der Waals surface area contributed by atoms with Crippen LogP contribution in [0.15, 0.2) is 41.3 Å². The van der Waals surface area contributed by atoms with E-state index in [9.17, 15) is 18.3 Å². The van der Waals surface area contributed by atoms with E-state index in [1.165, 1.54) is 12.1 Å². The van der Waals surface area contributed by atoms with Gasteiger partial charge in [0.15, 0.2) is 0 Å². The van der Waals surface area contributed by atoms with Crippen LogP contribution in [0.4, 0.5) is 0 Å². The summed E-state index contributed by atoms with van der Waals surface area (Å²) in [6, 6.07) is 5.77. The smallest absolute Gasteiger partial charge is 0.241 e. The third-order valence-corrected chi connectivity index (χ3v) is 5.32. The van der Waals surface area contributed by atoms with Crippen LogP contribution in [0.5, 0.6) is 0 Å². The van der Waals surface area contributed by atoms with Gasteiger partial charge in [0.25, 0.3) is 0 Å². The molecule has 0 bridgehead atoms. The molecule has 2 rings (SSSR count). The molecule has 0 aliphatic carbocycles. The van der Waals surface area contributed by atoms with Crippen molar-refractivity contribution in [2.24, 2.45) is 0 Å². The van der Waals surface area contributed by atoms with E-state index in [4.69, 9.17) is 4.74 Å². The Balaban J connectivity index is 2.08. The first-order valence-electron chi connectivity index (χ1n) is 8.16. The lowest BCUT2D eigenvalue weighted by Gasteiger charge is -2.31. The highest BCUT2D eigenvalue weighted by molar-refractivity contribution is 7.89. The van der Waals surface area contributed by atoms with E-state index < -0.39 is 28.3 Å². The van der Waals surface area contributed by atoms with E-state index in [1.54, 1.807) is 24.3 Å². The number of rotatable bonds is 7. The number of carbonyl (C=O) groups is 1. The molecule has 1 aliphatic heterocycles. The number of ether oxygens (including phenoxy) is 1. The van der Waals surface area contributed by atoms with Crippen molar-refractivity contribution in [3.8, 4) is 0 Å². The first kappa shape index (κ1) is 19.6. The fourth-order valence-electron chi connectivity index (χ4n) is 2.53. The Morgan fingerprint density at radius 2 is 1.92 bits per heavy atom. The summed E-state index contributed by atoms with van der Waals surface area (Å²) >= 11 is 0. The molecule has 1 aromatic carbocycles. The highest BCUT2D eigenvalue weighted by Gasteiger charge is 2.31. The SMILES string of the molecule is CCNC(=O)C[C@@H]1C=C[C@@H](NS(=O)(=O)c2ccc(C)cc2)[C@H](CO)O1. The lowest BCUT2D eigenvalue weighted by Crippen LogP contribution is -2.49. The molecule has 0 saturated heterocycles. The van der Waals surface area contributed by atoms with Crippen LogP contribution >= 0.6 is 0 Å². The predicted octanol–water partition coefficient (Wildman–Crippen LogP) is 0.484. The van der Waals surface area contributed by atoms with Gasteiger partial charge in [-0.05, 0) is 26.0 Å². The summed E-state index contributed by atoms with van der Waals surface area (Å²) in [4.78, 5) is 11.8. The molecule has 25 heavy (non-hydrogen) atoms. The molecule has 3 atom stereocenters. The zero-order valence-electron chi connectivity index (χ0n) is 14.3. The number of aliphatic hydroxyl groups excluding tert-OH is 1. The topological polar surface area (TPSA) is 105 Å². The minimum absolute atomic E-state index is 0.123. The van der Waals surface area contributed by atoms with Gasteiger partial charge in [0.2, 0.25) is 15.9 Å². The molecule has 3 N–H and O–H groups in total. The Labute approximate surface area is 148 Å². The van der Waals surface area contributed by atoms with Crippen LogP contribution in [0, 0.1) is 6.92 Å². The van der Waals surface area contributed by atoms with Gasteiger partial charge in [0.05, 0.1) is 30.1 Å². The second-order valence-corrected chi connectivity index (χ2v) is 7.61. The lowest BCUT2D eigenvalue weighted by atomic mass is 10.1. The van der Waals surface area contributed by atoms with Crippen molar-refractivity contribution in [1.82, 2.24) is 10.0 Å². The Morgan fingerprint density at radius 1 is 1.24 bits per heavy atom. The van der Waals surface area contributed by atoms with Crippen LogP contribution in [0.2, 0.25) is 0 Å². The molecule has 1 aromatic rings. The second-order valence-electron chi connectivity index (χ2n) is 5.90. The fourth-order valence-corrected chi connectivity index (χ4v) is 3.75. The predicted molar refractivity (Wildman–Crippen MR) is 93.5 cm³/mol. The van der Waals surface area contributed by atoms with E-state index in [2.05, 4.69) is 10.0 Å². The van der Waals surface area contributed by atoms with Gasteiger partial charge in [-0.25, -0.2) is 13.1 Å². The monoisotopic (exact) mass is 368 g/mol. The van der Waals surface area contributed by atoms with Crippen LogP contribution in [0.3, 0.4) is 0 Å². The maximum Gasteiger partial charge on any atom is 0.241 e. The number of benzene rings is 1. The van der Waals surface area contributed by atoms with Crippen molar-refractivity contribution in [1.29, 1.82) is 0 Å². The van der Waals surface area contributed by atoms with Gasteiger partial charge in [0.1, 0.15) is 6.10 Å². The molecule has 0 radical (unpaired) electrons. The standard InChI is InChI=1S/C17H24N2O5S/c1-3-18-17(21)10-13-6-9-15(16(11-20)24-13)19-25(22,23)14-7-4-12(2)5-8-14/h4-9,13,15-16,19-20H,3,10-11H2,1-2H3,(H,18,21)/t13-,15+,16-/m0/s1. The molecule has 0 spiro atoms. The fraction of sp³-hybridized carbons (Fsp3) is 0.471. The summed E-state index contributed by atoms with van der Waals surface area (Å²) in [5.74, 6) is -0.160. The number of nitrogens with one attached hydrogen (secondary N) is 2. The molecule has 0 fully saturated rings. The van der Waals surface area contributed by atoms with E-state index in [1.807, 2.05) is 13.8 Å². The average Bonchev–Trinajstić information content (AvgIpc) is 2.56. The Bertz CT molecular complexity index is 715.